The molecule has 0 saturated carbocycles. The zero-order chi connectivity index (χ0) is 14.4. The Morgan fingerprint density at radius 1 is 0.950 bits per heavy atom. The minimum atomic E-state index is -0.481. The van der Waals surface area contributed by atoms with Crippen molar-refractivity contribution in [3.8, 4) is 11.3 Å². The maximum absolute atomic E-state index is 5.94. The summed E-state index contributed by atoms with van der Waals surface area (Å²) in [5, 5.41) is 8.40. The Kier molecular flexibility index (Phi) is 2.95. The molecule has 2 aromatic heterocycles. The van der Waals surface area contributed by atoms with Crippen molar-refractivity contribution in [3.63, 3.8) is 0 Å². The summed E-state index contributed by atoms with van der Waals surface area (Å²) < 4.78 is 16.9. The number of hydrogen-bond acceptors (Lipinski definition) is 5. The second-order valence-electron chi connectivity index (χ2n) is 5.94. The second kappa shape index (κ2) is 4.43. The maximum Gasteiger partial charge on any atom is 0.516 e. The van der Waals surface area contributed by atoms with Gasteiger partial charge in [-0.25, -0.2) is 0 Å². The molecule has 1 aliphatic heterocycles. The summed E-state index contributed by atoms with van der Waals surface area (Å²) in [4.78, 5) is 0. The van der Waals surface area contributed by atoms with E-state index in [9.17, 15) is 0 Å². The van der Waals surface area contributed by atoms with Crippen LogP contribution in [0.15, 0.2) is 35.1 Å². The van der Waals surface area contributed by atoms with E-state index in [1.807, 2.05) is 45.9 Å². The number of nitrogens with zero attached hydrogens (tertiary/aromatic N) is 2. The smallest absolute Gasteiger partial charge is 0.472 e. The molecular formula is C14H17BN2O3. The van der Waals surface area contributed by atoms with Gasteiger partial charge in [0.2, 0.25) is 0 Å². The lowest BCUT2D eigenvalue weighted by atomic mass is 9.84. The Hall–Kier alpha value is -1.66. The van der Waals surface area contributed by atoms with Crippen molar-refractivity contribution < 1.29 is 13.7 Å². The molecule has 1 aliphatic rings. The molecule has 0 amide bonds. The first kappa shape index (κ1) is 13.3. The van der Waals surface area contributed by atoms with Crippen LogP contribution in [0.1, 0.15) is 27.7 Å². The van der Waals surface area contributed by atoms with E-state index in [2.05, 4.69) is 10.2 Å². The monoisotopic (exact) mass is 272 g/mol. The summed E-state index contributed by atoms with van der Waals surface area (Å²) in [7, 11) is -0.481. The van der Waals surface area contributed by atoms with Crippen LogP contribution in [0.2, 0.25) is 0 Å². The van der Waals surface area contributed by atoms with Gasteiger partial charge in [0.15, 0.2) is 0 Å². The van der Waals surface area contributed by atoms with E-state index in [-0.39, 0.29) is 11.2 Å². The minimum Gasteiger partial charge on any atom is -0.472 e. The molecule has 0 N–H and O–H groups in total. The van der Waals surface area contributed by atoms with E-state index in [0.717, 1.165) is 11.3 Å². The van der Waals surface area contributed by atoms with Gasteiger partial charge in [0.25, 0.3) is 0 Å². The van der Waals surface area contributed by atoms with Gasteiger partial charge in [0, 0.05) is 5.56 Å². The highest BCUT2D eigenvalue weighted by Gasteiger charge is 2.52. The van der Waals surface area contributed by atoms with E-state index in [0.29, 0.717) is 5.59 Å². The van der Waals surface area contributed by atoms with Gasteiger partial charge in [-0.15, -0.1) is 0 Å². The van der Waals surface area contributed by atoms with Crippen LogP contribution in [0.5, 0.6) is 0 Å². The average Bonchev–Trinajstić information content (AvgIpc) is 2.97. The summed E-state index contributed by atoms with van der Waals surface area (Å²) in [6, 6.07) is 5.61. The van der Waals surface area contributed by atoms with Crippen LogP contribution in [0.4, 0.5) is 0 Å². The fraction of sp³-hybridized carbons (Fsp3) is 0.429. The van der Waals surface area contributed by atoms with Crippen LogP contribution >= 0.6 is 0 Å². The Morgan fingerprint density at radius 3 is 2.15 bits per heavy atom. The fourth-order valence-electron chi connectivity index (χ4n) is 2.00. The molecule has 0 unspecified atom stereocenters. The Balaban J connectivity index is 1.83. The zero-order valence-electron chi connectivity index (χ0n) is 12.1. The van der Waals surface area contributed by atoms with Crippen molar-refractivity contribution in [2.45, 2.75) is 38.9 Å². The van der Waals surface area contributed by atoms with Crippen molar-refractivity contribution in [2.24, 2.45) is 0 Å². The topological polar surface area (TPSA) is 57.4 Å². The predicted molar refractivity (Wildman–Crippen MR) is 75.5 cm³/mol. The molecule has 5 nitrogen and oxygen atoms in total. The van der Waals surface area contributed by atoms with Crippen molar-refractivity contribution in [1.29, 1.82) is 0 Å². The molecule has 0 aliphatic carbocycles. The third-order valence-corrected chi connectivity index (χ3v) is 4.00. The molecule has 20 heavy (non-hydrogen) atoms. The number of aromatic nitrogens is 2. The van der Waals surface area contributed by atoms with Gasteiger partial charge in [-0.1, -0.05) is 0 Å². The summed E-state index contributed by atoms with van der Waals surface area (Å²) in [6.45, 7) is 8.06. The number of hydrogen-bond donors (Lipinski definition) is 0. The molecule has 0 spiro atoms. The third kappa shape index (κ3) is 2.15. The highest BCUT2D eigenvalue weighted by molar-refractivity contribution is 6.61. The maximum atomic E-state index is 5.94. The summed E-state index contributed by atoms with van der Waals surface area (Å²) >= 11 is 0. The molecule has 1 fully saturated rings. The van der Waals surface area contributed by atoms with Crippen LogP contribution in [0, 0.1) is 0 Å². The summed E-state index contributed by atoms with van der Waals surface area (Å²) in [5.41, 5.74) is 1.60. The Bertz CT molecular complexity index is 577. The van der Waals surface area contributed by atoms with E-state index in [1.54, 1.807) is 12.5 Å². The van der Waals surface area contributed by atoms with E-state index in [1.165, 1.54) is 0 Å². The lowest BCUT2D eigenvalue weighted by Gasteiger charge is -2.32. The molecule has 6 heteroatoms. The molecule has 0 atom stereocenters. The molecule has 2 aromatic rings. The Morgan fingerprint density at radius 2 is 1.65 bits per heavy atom. The second-order valence-corrected chi connectivity index (χ2v) is 5.94. The minimum absolute atomic E-state index is 0.372. The van der Waals surface area contributed by atoms with E-state index in [4.69, 9.17) is 13.7 Å². The first-order valence-corrected chi connectivity index (χ1v) is 6.61. The molecular weight excluding hydrogens is 255 g/mol. The lowest BCUT2D eigenvalue weighted by molar-refractivity contribution is 0.00578. The van der Waals surface area contributed by atoms with Crippen molar-refractivity contribution in [3.05, 3.63) is 30.7 Å². The van der Waals surface area contributed by atoms with Gasteiger partial charge in [0.05, 0.1) is 35.0 Å². The summed E-state index contributed by atoms with van der Waals surface area (Å²) in [5.74, 6) is 0. The van der Waals surface area contributed by atoms with Gasteiger partial charge in [-0.2, -0.15) is 10.2 Å². The average molecular weight is 272 g/mol. The van der Waals surface area contributed by atoms with Gasteiger partial charge < -0.3 is 13.7 Å². The highest BCUT2D eigenvalue weighted by Crippen LogP contribution is 2.36. The third-order valence-electron chi connectivity index (χ3n) is 4.00. The van der Waals surface area contributed by atoms with Crippen molar-refractivity contribution in [2.75, 3.05) is 0 Å². The number of furan rings is 1. The van der Waals surface area contributed by atoms with Gasteiger partial charge in [-0.05, 0) is 45.9 Å². The highest BCUT2D eigenvalue weighted by atomic mass is 16.7. The van der Waals surface area contributed by atoms with Gasteiger partial charge in [-0.3, -0.25) is 0 Å². The fourth-order valence-corrected chi connectivity index (χ4v) is 2.00. The molecule has 3 rings (SSSR count). The molecule has 0 bridgehead atoms. The van der Waals surface area contributed by atoms with Crippen LogP contribution in [0.3, 0.4) is 0 Å². The van der Waals surface area contributed by atoms with Crippen LogP contribution in [-0.4, -0.2) is 28.5 Å². The zero-order valence-corrected chi connectivity index (χ0v) is 12.1. The Labute approximate surface area is 118 Å². The first-order valence-electron chi connectivity index (χ1n) is 6.61. The first-order chi connectivity index (χ1) is 9.39. The van der Waals surface area contributed by atoms with Crippen molar-refractivity contribution in [1.82, 2.24) is 10.2 Å². The molecule has 3 heterocycles. The molecule has 0 radical (unpaired) electrons. The quantitative estimate of drug-likeness (QED) is 0.783. The largest absolute Gasteiger partial charge is 0.516 e. The van der Waals surface area contributed by atoms with Crippen LogP contribution in [0.25, 0.3) is 11.3 Å². The standard InChI is InChI=1S/C14H17BN2O3/c1-13(2)14(3,4)20-15(19-13)12-6-5-11(16-17-12)10-7-8-18-9-10/h5-9H,1-4H3. The van der Waals surface area contributed by atoms with Gasteiger partial charge >= 0.3 is 7.12 Å². The SMILES string of the molecule is CC1(C)OB(c2ccc(-c3ccoc3)nn2)OC1(C)C. The van der Waals surface area contributed by atoms with E-state index >= 15 is 0 Å². The molecule has 1 saturated heterocycles. The van der Waals surface area contributed by atoms with E-state index < -0.39 is 7.12 Å². The van der Waals surface area contributed by atoms with Crippen molar-refractivity contribution >= 4 is 12.7 Å². The molecule has 104 valence electrons. The van der Waals surface area contributed by atoms with Crippen LogP contribution < -0.4 is 5.59 Å². The number of rotatable bonds is 2. The summed E-state index contributed by atoms with van der Waals surface area (Å²) in [6.07, 6.45) is 3.25. The van der Waals surface area contributed by atoms with Gasteiger partial charge in [0.1, 0.15) is 0 Å². The molecule has 0 aromatic carbocycles. The van der Waals surface area contributed by atoms with Crippen LogP contribution in [-0.2, 0) is 9.31 Å². The lowest BCUT2D eigenvalue weighted by Crippen LogP contribution is -2.41. The normalized spacial score (nSPS) is 20.3. The predicted octanol–water partition coefficient (Wildman–Crippen LogP) is 2.04.